The van der Waals surface area contributed by atoms with E-state index in [9.17, 15) is 9.59 Å². The Morgan fingerprint density at radius 3 is 2.38 bits per heavy atom. The third-order valence-electron chi connectivity index (χ3n) is 4.53. The molecule has 1 amide bonds. The summed E-state index contributed by atoms with van der Waals surface area (Å²) in [6, 6.07) is 9.26. The van der Waals surface area contributed by atoms with Gasteiger partial charge in [-0.05, 0) is 26.0 Å². The smallest absolute Gasteiger partial charge is 0.325 e. The van der Waals surface area contributed by atoms with Crippen LogP contribution in [0.3, 0.4) is 0 Å². The molecule has 0 atom stereocenters. The molecule has 8 heteroatoms. The molecular weight excluding hydrogens is 392 g/mol. The van der Waals surface area contributed by atoms with Gasteiger partial charge in [-0.2, -0.15) is 4.99 Å². The van der Waals surface area contributed by atoms with E-state index < -0.39 is 5.97 Å². The van der Waals surface area contributed by atoms with Crippen molar-refractivity contribution in [2.24, 2.45) is 4.99 Å². The van der Waals surface area contributed by atoms with Gasteiger partial charge in [0.15, 0.2) is 16.3 Å². The van der Waals surface area contributed by atoms with E-state index in [1.807, 2.05) is 32.0 Å². The zero-order valence-electron chi connectivity index (χ0n) is 16.4. The summed E-state index contributed by atoms with van der Waals surface area (Å²) in [6.07, 6.45) is 0. The number of hydrogen-bond acceptors (Lipinski definition) is 6. The maximum absolute atomic E-state index is 12.8. The second-order valence-electron chi connectivity index (χ2n) is 6.80. The van der Waals surface area contributed by atoms with Crippen molar-refractivity contribution < 1.29 is 23.8 Å². The normalized spacial score (nSPS) is 13.6. The number of methoxy groups -OCH3 is 1. The Morgan fingerprint density at radius 1 is 1.07 bits per heavy atom. The van der Waals surface area contributed by atoms with Crippen LogP contribution in [0.1, 0.15) is 21.5 Å². The maximum atomic E-state index is 12.8. The Labute approximate surface area is 171 Å². The topological polar surface area (TPSA) is 79.1 Å². The molecule has 4 rings (SSSR count). The van der Waals surface area contributed by atoms with Crippen LogP contribution in [0, 0.1) is 13.8 Å². The van der Waals surface area contributed by atoms with Gasteiger partial charge in [0.05, 0.1) is 17.3 Å². The number of nitrogens with zero attached hydrogens (tertiary/aromatic N) is 2. The highest BCUT2D eigenvalue weighted by Crippen LogP contribution is 2.35. The van der Waals surface area contributed by atoms with Crippen LogP contribution in [0.25, 0.3) is 10.2 Å². The Hall–Kier alpha value is -3.13. The monoisotopic (exact) mass is 412 g/mol. The molecule has 1 aliphatic heterocycles. The number of aryl methyl sites for hydroxylation is 2. The first kappa shape index (κ1) is 19.2. The van der Waals surface area contributed by atoms with Crippen LogP contribution in [0.2, 0.25) is 0 Å². The van der Waals surface area contributed by atoms with Gasteiger partial charge in [-0.1, -0.05) is 28.5 Å². The third-order valence-corrected chi connectivity index (χ3v) is 5.57. The Morgan fingerprint density at radius 2 is 1.72 bits per heavy atom. The fourth-order valence-corrected chi connectivity index (χ4v) is 4.33. The van der Waals surface area contributed by atoms with Gasteiger partial charge in [-0.3, -0.25) is 9.59 Å². The van der Waals surface area contributed by atoms with Crippen molar-refractivity contribution in [2.45, 2.75) is 20.4 Å². The van der Waals surface area contributed by atoms with Crippen LogP contribution in [0.5, 0.6) is 11.5 Å². The molecule has 0 saturated carbocycles. The van der Waals surface area contributed by atoms with Crippen molar-refractivity contribution >= 4 is 33.4 Å². The van der Waals surface area contributed by atoms with Crippen LogP contribution in [0.15, 0.2) is 35.3 Å². The molecular formula is C21H20N2O5S. The van der Waals surface area contributed by atoms with Gasteiger partial charge in [-0.15, -0.1) is 0 Å². The van der Waals surface area contributed by atoms with Gasteiger partial charge in [-0.25, -0.2) is 0 Å². The fourth-order valence-electron chi connectivity index (χ4n) is 3.29. The average molecular weight is 412 g/mol. The lowest BCUT2D eigenvalue weighted by molar-refractivity contribution is -0.141. The average Bonchev–Trinajstić information content (AvgIpc) is 3.01. The van der Waals surface area contributed by atoms with Gasteiger partial charge < -0.3 is 18.8 Å². The minimum absolute atomic E-state index is 0.0604. The predicted octanol–water partition coefficient (Wildman–Crippen LogP) is 3.00. The number of fused-ring (bicyclic) bond motifs is 2. The number of carbonyl (C=O) groups is 2. The predicted molar refractivity (Wildman–Crippen MR) is 109 cm³/mol. The first-order valence-corrected chi connectivity index (χ1v) is 9.93. The van der Waals surface area contributed by atoms with Crippen LogP contribution in [-0.4, -0.2) is 36.8 Å². The number of ether oxygens (including phenoxy) is 3. The number of rotatable bonds is 3. The molecule has 0 aliphatic carbocycles. The van der Waals surface area contributed by atoms with Gasteiger partial charge in [0.2, 0.25) is 0 Å². The SMILES string of the molecule is COC(=O)Cn1c(=NC(=O)c2cc(C)cc(C)c2)sc2cc3c(cc21)OCCO3. The number of esters is 1. The zero-order valence-corrected chi connectivity index (χ0v) is 17.2. The zero-order chi connectivity index (χ0) is 20.5. The summed E-state index contributed by atoms with van der Waals surface area (Å²) < 4.78 is 18.6. The highest BCUT2D eigenvalue weighted by molar-refractivity contribution is 7.16. The van der Waals surface area contributed by atoms with E-state index >= 15 is 0 Å². The number of thiazole rings is 1. The lowest BCUT2D eigenvalue weighted by atomic mass is 10.1. The summed E-state index contributed by atoms with van der Waals surface area (Å²) in [7, 11) is 1.33. The number of benzene rings is 2. The molecule has 0 N–H and O–H groups in total. The molecule has 0 radical (unpaired) electrons. The minimum Gasteiger partial charge on any atom is -0.486 e. The molecule has 2 aromatic carbocycles. The number of aromatic nitrogens is 1. The summed E-state index contributed by atoms with van der Waals surface area (Å²) in [4.78, 5) is 29.5. The van der Waals surface area contributed by atoms with Crippen LogP contribution >= 0.6 is 11.3 Å². The van der Waals surface area contributed by atoms with Gasteiger partial charge in [0.1, 0.15) is 19.8 Å². The van der Waals surface area contributed by atoms with E-state index in [4.69, 9.17) is 14.2 Å². The molecule has 150 valence electrons. The standard InChI is InChI=1S/C21H20N2O5S/c1-12-6-13(2)8-14(7-12)20(25)22-21-23(11-19(24)26-3)15-9-16-17(10-18(15)29-21)28-5-4-27-16/h6-10H,4-5,11H2,1-3H3. The van der Waals surface area contributed by atoms with Gasteiger partial charge in [0, 0.05) is 17.7 Å². The molecule has 1 aliphatic rings. The van der Waals surface area contributed by atoms with Crippen molar-refractivity contribution in [2.75, 3.05) is 20.3 Å². The number of amides is 1. The van der Waals surface area contributed by atoms with Crippen molar-refractivity contribution in [1.82, 2.24) is 4.57 Å². The molecule has 7 nitrogen and oxygen atoms in total. The lowest BCUT2D eigenvalue weighted by Crippen LogP contribution is -2.22. The molecule has 0 unspecified atom stereocenters. The van der Waals surface area contributed by atoms with E-state index in [0.29, 0.717) is 35.1 Å². The fraction of sp³-hybridized carbons (Fsp3) is 0.286. The molecule has 2 heterocycles. The molecule has 0 spiro atoms. The van der Waals surface area contributed by atoms with Crippen molar-refractivity contribution in [3.8, 4) is 11.5 Å². The van der Waals surface area contributed by atoms with Gasteiger partial charge in [0.25, 0.3) is 5.91 Å². The first-order valence-electron chi connectivity index (χ1n) is 9.12. The van der Waals surface area contributed by atoms with E-state index in [2.05, 4.69) is 4.99 Å². The lowest BCUT2D eigenvalue weighted by Gasteiger charge is -2.18. The second-order valence-corrected chi connectivity index (χ2v) is 7.81. The molecule has 29 heavy (non-hydrogen) atoms. The Balaban J connectivity index is 1.87. The van der Waals surface area contributed by atoms with E-state index in [1.54, 1.807) is 16.7 Å². The molecule has 3 aromatic rings. The summed E-state index contributed by atoms with van der Waals surface area (Å²) >= 11 is 1.31. The summed E-state index contributed by atoms with van der Waals surface area (Å²) in [6.45, 7) is 4.75. The van der Waals surface area contributed by atoms with E-state index in [0.717, 1.165) is 21.3 Å². The maximum Gasteiger partial charge on any atom is 0.325 e. The van der Waals surface area contributed by atoms with Crippen molar-refractivity contribution in [3.05, 3.63) is 51.8 Å². The van der Waals surface area contributed by atoms with Crippen LogP contribution in [0.4, 0.5) is 0 Å². The molecule has 0 fully saturated rings. The molecule has 0 saturated heterocycles. The minimum atomic E-state index is -0.431. The van der Waals surface area contributed by atoms with Crippen LogP contribution < -0.4 is 14.3 Å². The third kappa shape index (κ3) is 3.88. The molecule has 1 aromatic heterocycles. The quantitative estimate of drug-likeness (QED) is 0.618. The number of carbonyl (C=O) groups excluding carboxylic acids is 2. The Bertz CT molecular complexity index is 1170. The van der Waals surface area contributed by atoms with Crippen molar-refractivity contribution in [1.29, 1.82) is 0 Å². The highest BCUT2D eigenvalue weighted by Gasteiger charge is 2.18. The number of hydrogen-bond donors (Lipinski definition) is 0. The van der Waals surface area contributed by atoms with Crippen LogP contribution in [-0.2, 0) is 16.1 Å². The largest absolute Gasteiger partial charge is 0.486 e. The summed E-state index contributed by atoms with van der Waals surface area (Å²) in [5, 5.41) is 0. The first-order chi connectivity index (χ1) is 13.9. The van der Waals surface area contributed by atoms with Gasteiger partial charge >= 0.3 is 5.97 Å². The Kier molecular flexibility index (Phi) is 5.10. The van der Waals surface area contributed by atoms with Crippen molar-refractivity contribution in [3.63, 3.8) is 0 Å². The summed E-state index contributed by atoms with van der Waals surface area (Å²) in [5.41, 5.74) is 3.22. The highest BCUT2D eigenvalue weighted by atomic mass is 32.1. The summed E-state index contributed by atoms with van der Waals surface area (Å²) in [5.74, 6) is 0.453. The molecule has 0 bridgehead atoms. The second kappa shape index (κ2) is 7.71. The van der Waals surface area contributed by atoms with E-state index in [-0.39, 0.29) is 12.5 Å². The van der Waals surface area contributed by atoms with E-state index in [1.165, 1.54) is 18.4 Å².